The molecule has 0 saturated heterocycles. The first kappa shape index (κ1) is 7.79. The molecule has 2 heteroatoms. The van der Waals surface area contributed by atoms with Crippen molar-refractivity contribution in [3.63, 3.8) is 0 Å². The Bertz CT molecular complexity index is 266. The average molecular weight is 148 g/mol. The molecule has 0 aliphatic rings. The molecule has 0 amide bonds. The van der Waals surface area contributed by atoms with Crippen LogP contribution in [0, 0.1) is 6.92 Å². The van der Waals surface area contributed by atoms with Crippen LogP contribution in [0.25, 0.3) is 6.08 Å². The first-order valence-electron chi connectivity index (χ1n) is 3.54. The highest BCUT2D eigenvalue weighted by molar-refractivity contribution is 5.56. The number of pyridine rings is 1. The average Bonchev–Trinajstić information content (AvgIpc) is 2.05. The van der Waals surface area contributed by atoms with E-state index in [2.05, 4.69) is 16.9 Å². The summed E-state index contributed by atoms with van der Waals surface area (Å²) in [6, 6.07) is 2.02. The molecule has 0 aromatic carbocycles. The predicted octanol–water partition coefficient (Wildman–Crippen LogP) is 2.07. The number of nitrogens with zero attached hydrogens (tertiary/aromatic N) is 1. The van der Waals surface area contributed by atoms with Crippen molar-refractivity contribution in [1.29, 1.82) is 0 Å². The lowest BCUT2D eigenvalue weighted by atomic mass is 10.2. The maximum Gasteiger partial charge on any atom is 0.0530 e. The van der Waals surface area contributed by atoms with Crippen LogP contribution < -0.4 is 5.32 Å². The van der Waals surface area contributed by atoms with Crippen molar-refractivity contribution in [3.8, 4) is 0 Å². The first-order chi connectivity index (χ1) is 5.27. The summed E-state index contributed by atoms with van der Waals surface area (Å²) in [6.07, 6.45) is 3.62. The topological polar surface area (TPSA) is 24.9 Å². The molecule has 0 bridgehead atoms. The number of nitrogens with one attached hydrogen (secondary N) is 1. The summed E-state index contributed by atoms with van der Waals surface area (Å²) in [6.45, 7) is 5.67. The van der Waals surface area contributed by atoms with Crippen molar-refractivity contribution >= 4 is 11.8 Å². The van der Waals surface area contributed by atoms with Crippen molar-refractivity contribution in [1.82, 2.24) is 4.98 Å². The molecule has 1 heterocycles. The van der Waals surface area contributed by atoms with E-state index in [0.29, 0.717) is 0 Å². The van der Waals surface area contributed by atoms with E-state index in [-0.39, 0.29) is 0 Å². The van der Waals surface area contributed by atoms with Crippen molar-refractivity contribution in [2.75, 3.05) is 12.4 Å². The fourth-order valence-corrected chi connectivity index (χ4v) is 0.893. The van der Waals surface area contributed by atoms with Gasteiger partial charge in [-0.25, -0.2) is 0 Å². The minimum atomic E-state index is 1.01. The van der Waals surface area contributed by atoms with Crippen LogP contribution in [-0.4, -0.2) is 12.0 Å². The molecule has 1 rings (SSSR count). The van der Waals surface area contributed by atoms with Crippen LogP contribution in [0.4, 0.5) is 5.69 Å². The molecule has 1 N–H and O–H groups in total. The maximum absolute atomic E-state index is 4.19. The van der Waals surface area contributed by atoms with Gasteiger partial charge in [0.05, 0.1) is 11.9 Å². The van der Waals surface area contributed by atoms with Gasteiger partial charge in [-0.2, -0.15) is 0 Å². The molecule has 0 unspecified atom stereocenters. The van der Waals surface area contributed by atoms with Crippen LogP contribution in [-0.2, 0) is 0 Å². The summed E-state index contributed by atoms with van der Waals surface area (Å²) in [4.78, 5) is 4.19. The van der Waals surface area contributed by atoms with Gasteiger partial charge in [-0.1, -0.05) is 12.7 Å². The second-order valence-electron chi connectivity index (χ2n) is 2.35. The minimum absolute atomic E-state index is 1.01. The van der Waals surface area contributed by atoms with Crippen LogP contribution in [0.3, 0.4) is 0 Å². The molecule has 1 aromatic rings. The Labute approximate surface area is 67.0 Å². The zero-order valence-corrected chi connectivity index (χ0v) is 6.89. The Morgan fingerprint density at radius 3 is 2.91 bits per heavy atom. The lowest BCUT2D eigenvalue weighted by Gasteiger charge is -2.02. The van der Waals surface area contributed by atoms with Gasteiger partial charge in [0.1, 0.15) is 0 Å². The van der Waals surface area contributed by atoms with Crippen molar-refractivity contribution in [2.45, 2.75) is 6.92 Å². The first-order valence-corrected chi connectivity index (χ1v) is 3.54. The number of rotatable bonds is 2. The molecule has 0 aliphatic carbocycles. The van der Waals surface area contributed by atoms with E-state index >= 15 is 0 Å². The molecular formula is C9H12N2. The molecule has 58 valence electrons. The van der Waals surface area contributed by atoms with Crippen molar-refractivity contribution in [2.24, 2.45) is 0 Å². The van der Waals surface area contributed by atoms with E-state index in [9.17, 15) is 0 Å². The molecule has 0 saturated carbocycles. The van der Waals surface area contributed by atoms with Gasteiger partial charge < -0.3 is 5.32 Å². The SMILES string of the molecule is C=Cc1cc(NC)cnc1C. The number of aryl methyl sites for hydroxylation is 1. The Morgan fingerprint density at radius 1 is 1.64 bits per heavy atom. The van der Waals surface area contributed by atoms with Gasteiger partial charge in [-0.05, 0) is 18.6 Å². The fourth-order valence-electron chi connectivity index (χ4n) is 0.893. The van der Waals surface area contributed by atoms with Crippen LogP contribution in [0.1, 0.15) is 11.3 Å². The standard InChI is InChI=1S/C9H12N2/c1-4-8-5-9(10-3)6-11-7(8)2/h4-6,10H,1H2,2-3H3. The van der Waals surface area contributed by atoms with E-state index in [1.54, 1.807) is 0 Å². The zero-order valence-electron chi connectivity index (χ0n) is 6.89. The summed E-state index contributed by atoms with van der Waals surface area (Å²) < 4.78 is 0. The number of hydrogen-bond acceptors (Lipinski definition) is 2. The number of hydrogen-bond donors (Lipinski definition) is 1. The zero-order chi connectivity index (χ0) is 8.27. The van der Waals surface area contributed by atoms with Gasteiger partial charge in [0.25, 0.3) is 0 Å². The lowest BCUT2D eigenvalue weighted by molar-refractivity contribution is 1.19. The Hall–Kier alpha value is -1.31. The fraction of sp³-hybridized carbons (Fsp3) is 0.222. The van der Waals surface area contributed by atoms with E-state index in [0.717, 1.165) is 16.9 Å². The highest BCUT2D eigenvalue weighted by atomic mass is 14.8. The quantitative estimate of drug-likeness (QED) is 0.694. The third-order valence-corrected chi connectivity index (χ3v) is 1.63. The summed E-state index contributed by atoms with van der Waals surface area (Å²) in [5, 5.41) is 3.02. The largest absolute Gasteiger partial charge is 0.387 e. The normalized spacial score (nSPS) is 9.27. The monoisotopic (exact) mass is 148 g/mol. The van der Waals surface area contributed by atoms with Crippen LogP contribution >= 0.6 is 0 Å². The molecule has 0 fully saturated rings. The van der Waals surface area contributed by atoms with Crippen LogP contribution in [0.5, 0.6) is 0 Å². The highest BCUT2D eigenvalue weighted by Gasteiger charge is 1.95. The van der Waals surface area contributed by atoms with E-state index in [1.807, 2.05) is 32.3 Å². The third kappa shape index (κ3) is 1.58. The van der Waals surface area contributed by atoms with E-state index in [4.69, 9.17) is 0 Å². The van der Waals surface area contributed by atoms with Crippen molar-refractivity contribution < 1.29 is 0 Å². The molecule has 0 atom stereocenters. The molecular weight excluding hydrogens is 136 g/mol. The van der Waals surface area contributed by atoms with Gasteiger partial charge in [0, 0.05) is 12.7 Å². The summed E-state index contributed by atoms with van der Waals surface area (Å²) in [5.41, 5.74) is 3.11. The van der Waals surface area contributed by atoms with Crippen molar-refractivity contribution in [3.05, 3.63) is 30.1 Å². The van der Waals surface area contributed by atoms with Gasteiger partial charge in [0.2, 0.25) is 0 Å². The summed E-state index contributed by atoms with van der Waals surface area (Å²) in [7, 11) is 1.87. The van der Waals surface area contributed by atoms with Gasteiger partial charge in [0.15, 0.2) is 0 Å². The molecule has 0 aliphatic heterocycles. The Morgan fingerprint density at radius 2 is 2.36 bits per heavy atom. The molecule has 2 nitrogen and oxygen atoms in total. The smallest absolute Gasteiger partial charge is 0.0530 e. The minimum Gasteiger partial charge on any atom is -0.387 e. The van der Waals surface area contributed by atoms with Gasteiger partial charge in [-0.3, -0.25) is 4.98 Å². The summed E-state index contributed by atoms with van der Waals surface area (Å²) >= 11 is 0. The van der Waals surface area contributed by atoms with E-state index < -0.39 is 0 Å². The van der Waals surface area contributed by atoms with Gasteiger partial charge in [-0.15, -0.1) is 0 Å². The second-order valence-corrected chi connectivity index (χ2v) is 2.35. The number of aromatic nitrogens is 1. The third-order valence-electron chi connectivity index (χ3n) is 1.63. The maximum atomic E-state index is 4.19. The number of anilines is 1. The molecule has 0 spiro atoms. The molecule has 1 aromatic heterocycles. The van der Waals surface area contributed by atoms with Crippen LogP contribution in [0.2, 0.25) is 0 Å². The van der Waals surface area contributed by atoms with Gasteiger partial charge >= 0.3 is 0 Å². The van der Waals surface area contributed by atoms with E-state index in [1.165, 1.54) is 0 Å². The second kappa shape index (κ2) is 3.19. The Kier molecular flexibility index (Phi) is 2.26. The predicted molar refractivity (Wildman–Crippen MR) is 48.6 cm³/mol. The summed E-state index contributed by atoms with van der Waals surface area (Å²) in [5.74, 6) is 0. The Balaban J connectivity index is 3.12. The molecule has 0 radical (unpaired) electrons. The lowest BCUT2D eigenvalue weighted by Crippen LogP contribution is -1.92. The highest BCUT2D eigenvalue weighted by Crippen LogP contribution is 2.12. The molecule has 11 heavy (non-hydrogen) atoms. The van der Waals surface area contributed by atoms with Crippen LogP contribution in [0.15, 0.2) is 18.8 Å².